The summed E-state index contributed by atoms with van der Waals surface area (Å²) in [5.74, 6) is 1.89. The minimum Gasteiger partial charge on any atom is -0.328 e. The zero-order valence-corrected chi connectivity index (χ0v) is 13.5. The highest BCUT2D eigenvalue weighted by Crippen LogP contribution is 2.20. The van der Waals surface area contributed by atoms with Crippen molar-refractivity contribution in [3.8, 4) is 0 Å². The first-order valence-corrected chi connectivity index (χ1v) is 8.26. The molecule has 0 saturated carbocycles. The molecule has 1 aromatic heterocycles. The van der Waals surface area contributed by atoms with Crippen molar-refractivity contribution >= 4 is 11.0 Å². The first kappa shape index (κ1) is 14.8. The van der Waals surface area contributed by atoms with E-state index in [-0.39, 0.29) is 0 Å². The summed E-state index contributed by atoms with van der Waals surface area (Å²) in [4.78, 5) is 4.88. The van der Waals surface area contributed by atoms with Crippen LogP contribution in [-0.4, -0.2) is 9.55 Å². The first-order chi connectivity index (χ1) is 10.8. The molecule has 0 N–H and O–H groups in total. The summed E-state index contributed by atoms with van der Waals surface area (Å²) < 4.78 is 2.42. The molecule has 114 valence electrons. The Morgan fingerprint density at radius 3 is 2.45 bits per heavy atom. The molecule has 0 aliphatic carbocycles. The highest BCUT2D eigenvalue weighted by Gasteiger charge is 2.12. The van der Waals surface area contributed by atoms with Crippen molar-refractivity contribution in [3.63, 3.8) is 0 Å². The van der Waals surface area contributed by atoms with Gasteiger partial charge in [-0.15, -0.1) is 0 Å². The predicted molar refractivity (Wildman–Crippen MR) is 93.0 cm³/mol. The Morgan fingerprint density at radius 1 is 0.955 bits per heavy atom. The molecular weight excluding hydrogens is 268 g/mol. The van der Waals surface area contributed by atoms with Crippen molar-refractivity contribution < 1.29 is 0 Å². The van der Waals surface area contributed by atoms with Crippen molar-refractivity contribution in [3.05, 3.63) is 66.0 Å². The third-order valence-electron chi connectivity index (χ3n) is 4.40. The monoisotopic (exact) mass is 292 g/mol. The maximum Gasteiger partial charge on any atom is 0.110 e. The van der Waals surface area contributed by atoms with Gasteiger partial charge in [0.1, 0.15) is 5.82 Å². The molecule has 0 amide bonds. The Hall–Kier alpha value is -2.09. The first-order valence-electron chi connectivity index (χ1n) is 8.26. The second-order valence-corrected chi connectivity index (χ2v) is 6.13. The van der Waals surface area contributed by atoms with E-state index in [1.165, 1.54) is 23.3 Å². The number of benzene rings is 2. The third-order valence-corrected chi connectivity index (χ3v) is 4.40. The van der Waals surface area contributed by atoms with E-state index in [0.29, 0.717) is 5.92 Å². The molecule has 0 aliphatic rings. The number of rotatable bonds is 6. The lowest BCUT2D eigenvalue weighted by molar-refractivity contribution is 0.465. The average Bonchev–Trinajstić information content (AvgIpc) is 2.91. The van der Waals surface area contributed by atoms with E-state index in [2.05, 4.69) is 73.0 Å². The molecule has 1 heterocycles. The predicted octanol–water partition coefficient (Wildman–Crippen LogP) is 4.87. The normalized spacial score (nSPS) is 12.6. The van der Waals surface area contributed by atoms with Crippen molar-refractivity contribution in [2.24, 2.45) is 5.92 Å². The van der Waals surface area contributed by atoms with Crippen LogP contribution >= 0.6 is 0 Å². The Kier molecular flexibility index (Phi) is 4.57. The molecule has 3 rings (SSSR count). The SMILES string of the molecule is CCC(C)Cn1c(CCc2ccccc2)nc2ccccc21. The number of para-hydroxylation sites is 2. The van der Waals surface area contributed by atoms with Crippen LogP contribution in [0.5, 0.6) is 0 Å². The molecule has 2 heteroatoms. The number of aromatic nitrogens is 2. The number of imidazole rings is 1. The highest BCUT2D eigenvalue weighted by atomic mass is 15.1. The quantitative estimate of drug-likeness (QED) is 0.634. The molecule has 2 nitrogen and oxygen atoms in total. The van der Waals surface area contributed by atoms with E-state index in [9.17, 15) is 0 Å². The van der Waals surface area contributed by atoms with Crippen LogP contribution in [0.2, 0.25) is 0 Å². The second-order valence-electron chi connectivity index (χ2n) is 6.13. The smallest absolute Gasteiger partial charge is 0.110 e. The number of aryl methyl sites for hydroxylation is 2. The second kappa shape index (κ2) is 6.78. The number of fused-ring (bicyclic) bond motifs is 1. The Labute approximate surface area is 132 Å². The molecule has 1 unspecified atom stereocenters. The standard InChI is InChI=1S/C20H24N2/c1-3-16(2)15-22-19-12-8-7-11-18(19)21-20(22)14-13-17-9-5-4-6-10-17/h4-12,16H,3,13-15H2,1-2H3. The maximum absolute atomic E-state index is 4.88. The number of hydrogen-bond acceptors (Lipinski definition) is 1. The lowest BCUT2D eigenvalue weighted by atomic mass is 10.1. The lowest BCUT2D eigenvalue weighted by Crippen LogP contribution is -2.11. The van der Waals surface area contributed by atoms with Crippen LogP contribution in [0, 0.1) is 5.92 Å². The van der Waals surface area contributed by atoms with Crippen LogP contribution in [0.4, 0.5) is 0 Å². The van der Waals surface area contributed by atoms with Gasteiger partial charge in [0.2, 0.25) is 0 Å². The third kappa shape index (κ3) is 3.22. The fourth-order valence-electron chi connectivity index (χ4n) is 2.86. The molecule has 1 atom stereocenters. The van der Waals surface area contributed by atoms with Crippen LogP contribution in [0.25, 0.3) is 11.0 Å². The van der Waals surface area contributed by atoms with Crippen molar-refractivity contribution in [2.45, 2.75) is 39.7 Å². The molecule has 22 heavy (non-hydrogen) atoms. The molecular formula is C20H24N2. The summed E-state index contributed by atoms with van der Waals surface area (Å²) in [7, 11) is 0. The Bertz CT molecular complexity index is 728. The topological polar surface area (TPSA) is 17.8 Å². The summed E-state index contributed by atoms with van der Waals surface area (Å²) in [6.45, 7) is 5.63. The maximum atomic E-state index is 4.88. The van der Waals surface area contributed by atoms with Gasteiger partial charge in [0, 0.05) is 13.0 Å². The summed E-state index contributed by atoms with van der Waals surface area (Å²) in [5.41, 5.74) is 3.77. The van der Waals surface area contributed by atoms with Crippen LogP contribution < -0.4 is 0 Å². The molecule has 0 spiro atoms. The Morgan fingerprint density at radius 2 is 1.68 bits per heavy atom. The van der Waals surface area contributed by atoms with Crippen LogP contribution in [-0.2, 0) is 19.4 Å². The van der Waals surface area contributed by atoms with Gasteiger partial charge >= 0.3 is 0 Å². The van der Waals surface area contributed by atoms with E-state index in [1.807, 2.05) is 0 Å². The highest BCUT2D eigenvalue weighted by molar-refractivity contribution is 5.75. The van der Waals surface area contributed by atoms with Gasteiger partial charge < -0.3 is 4.57 Å². The minimum absolute atomic E-state index is 0.674. The minimum atomic E-state index is 0.674. The Balaban J connectivity index is 1.88. The number of nitrogens with zero attached hydrogens (tertiary/aromatic N) is 2. The summed E-state index contributed by atoms with van der Waals surface area (Å²) in [6, 6.07) is 19.2. The summed E-state index contributed by atoms with van der Waals surface area (Å²) in [5, 5.41) is 0. The van der Waals surface area contributed by atoms with Gasteiger partial charge in [-0.3, -0.25) is 0 Å². The molecule has 2 aromatic carbocycles. The summed E-state index contributed by atoms with van der Waals surface area (Å²) >= 11 is 0. The van der Waals surface area contributed by atoms with Gasteiger partial charge in [-0.1, -0.05) is 62.7 Å². The van der Waals surface area contributed by atoms with Crippen molar-refractivity contribution in [2.75, 3.05) is 0 Å². The van der Waals surface area contributed by atoms with Crippen LogP contribution in [0.1, 0.15) is 31.7 Å². The molecule has 0 saturated heterocycles. The van der Waals surface area contributed by atoms with Gasteiger partial charge in [-0.05, 0) is 30.0 Å². The van der Waals surface area contributed by atoms with E-state index >= 15 is 0 Å². The zero-order valence-electron chi connectivity index (χ0n) is 13.5. The van der Waals surface area contributed by atoms with E-state index < -0.39 is 0 Å². The van der Waals surface area contributed by atoms with Crippen LogP contribution in [0.3, 0.4) is 0 Å². The summed E-state index contributed by atoms with van der Waals surface area (Å²) in [6.07, 6.45) is 3.24. The van der Waals surface area contributed by atoms with E-state index in [4.69, 9.17) is 4.98 Å². The zero-order chi connectivity index (χ0) is 15.4. The fraction of sp³-hybridized carbons (Fsp3) is 0.350. The fourth-order valence-corrected chi connectivity index (χ4v) is 2.86. The van der Waals surface area contributed by atoms with Crippen molar-refractivity contribution in [1.29, 1.82) is 0 Å². The lowest BCUT2D eigenvalue weighted by Gasteiger charge is -2.14. The molecule has 0 radical (unpaired) electrons. The van der Waals surface area contributed by atoms with Crippen molar-refractivity contribution in [1.82, 2.24) is 9.55 Å². The van der Waals surface area contributed by atoms with Gasteiger partial charge in [-0.2, -0.15) is 0 Å². The van der Waals surface area contributed by atoms with Gasteiger partial charge in [-0.25, -0.2) is 4.98 Å². The largest absolute Gasteiger partial charge is 0.328 e. The molecule has 0 fully saturated rings. The van der Waals surface area contributed by atoms with Gasteiger partial charge in [0.25, 0.3) is 0 Å². The molecule has 0 aliphatic heterocycles. The van der Waals surface area contributed by atoms with E-state index in [1.54, 1.807) is 0 Å². The number of hydrogen-bond donors (Lipinski definition) is 0. The molecule has 3 aromatic rings. The molecule has 0 bridgehead atoms. The average molecular weight is 292 g/mol. The van der Waals surface area contributed by atoms with Gasteiger partial charge in [0.05, 0.1) is 11.0 Å². The van der Waals surface area contributed by atoms with Crippen LogP contribution in [0.15, 0.2) is 54.6 Å². The van der Waals surface area contributed by atoms with E-state index in [0.717, 1.165) is 24.9 Å². The van der Waals surface area contributed by atoms with Gasteiger partial charge in [0.15, 0.2) is 0 Å².